The Balaban J connectivity index is 1.67. The SMILES string of the molecule is c1cnnc(NCCC2CCOC2)c1. The average molecular weight is 193 g/mol. The van der Waals surface area contributed by atoms with Crippen molar-refractivity contribution in [2.24, 2.45) is 5.92 Å². The Morgan fingerprint density at radius 1 is 1.57 bits per heavy atom. The first-order valence-electron chi connectivity index (χ1n) is 5.04. The Bertz CT molecular complexity index is 259. The van der Waals surface area contributed by atoms with Crippen LogP contribution in [0.25, 0.3) is 0 Å². The van der Waals surface area contributed by atoms with Gasteiger partial charge in [-0.15, -0.1) is 5.10 Å². The van der Waals surface area contributed by atoms with Gasteiger partial charge in [0.05, 0.1) is 0 Å². The maximum atomic E-state index is 5.30. The standard InChI is InChI=1S/C10H15N3O/c1-2-10(13-12-5-1)11-6-3-9-4-7-14-8-9/h1-2,5,9H,3-4,6-8H2,(H,11,13). The molecule has 0 amide bonds. The lowest BCUT2D eigenvalue weighted by Gasteiger charge is -2.08. The topological polar surface area (TPSA) is 47.0 Å². The number of aromatic nitrogens is 2. The summed E-state index contributed by atoms with van der Waals surface area (Å²) in [6.45, 7) is 2.80. The highest BCUT2D eigenvalue weighted by Gasteiger charge is 2.14. The fourth-order valence-corrected chi connectivity index (χ4v) is 1.61. The van der Waals surface area contributed by atoms with Gasteiger partial charge >= 0.3 is 0 Å². The predicted octanol–water partition coefficient (Wildman–Crippen LogP) is 1.32. The molecule has 1 aliphatic heterocycles. The van der Waals surface area contributed by atoms with Crippen LogP contribution in [0, 0.1) is 5.92 Å². The van der Waals surface area contributed by atoms with Gasteiger partial charge in [0.25, 0.3) is 0 Å². The average Bonchev–Trinajstić information content (AvgIpc) is 2.72. The minimum Gasteiger partial charge on any atom is -0.381 e. The van der Waals surface area contributed by atoms with E-state index < -0.39 is 0 Å². The maximum absolute atomic E-state index is 5.30. The molecule has 0 aromatic carbocycles. The van der Waals surface area contributed by atoms with Crippen LogP contribution in [-0.2, 0) is 4.74 Å². The molecular formula is C10H15N3O. The summed E-state index contributed by atoms with van der Waals surface area (Å²) in [5.74, 6) is 1.57. The Labute approximate surface area is 83.7 Å². The van der Waals surface area contributed by atoms with Gasteiger partial charge in [-0.1, -0.05) is 0 Å². The Morgan fingerprint density at radius 3 is 3.29 bits per heavy atom. The lowest BCUT2D eigenvalue weighted by atomic mass is 10.1. The van der Waals surface area contributed by atoms with Crippen LogP contribution >= 0.6 is 0 Å². The third-order valence-electron chi connectivity index (χ3n) is 2.45. The molecule has 1 saturated heterocycles. The van der Waals surface area contributed by atoms with Gasteiger partial charge in [-0.05, 0) is 30.9 Å². The van der Waals surface area contributed by atoms with E-state index in [1.54, 1.807) is 6.20 Å². The van der Waals surface area contributed by atoms with Crippen LogP contribution in [-0.4, -0.2) is 30.0 Å². The highest BCUT2D eigenvalue weighted by atomic mass is 16.5. The van der Waals surface area contributed by atoms with Crippen LogP contribution in [0.15, 0.2) is 18.3 Å². The van der Waals surface area contributed by atoms with Crippen molar-refractivity contribution in [3.63, 3.8) is 0 Å². The molecule has 1 aliphatic rings. The molecule has 2 heterocycles. The summed E-state index contributed by atoms with van der Waals surface area (Å²) in [7, 11) is 0. The zero-order valence-electron chi connectivity index (χ0n) is 8.15. The molecule has 2 rings (SSSR count). The maximum Gasteiger partial charge on any atom is 0.148 e. The first-order valence-corrected chi connectivity index (χ1v) is 5.04. The van der Waals surface area contributed by atoms with Gasteiger partial charge in [-0.2, -0.15) is 5.10 Å². The summed E-state index contributed by atoms with van der Waals surface area (Å²) in [4.78, 5) is 0. The van der Waals surface area contributed by atoms with Gasteiger partial charge in [0.2, 0.25) is 0 Å². The number of rotatable bonds is 4. The van der Waals surface area contributed by atoms with E-state index in [4.69, 9.17) is 4.74 Å². The molecule has 0 spiro atoms. The highest BCUT2D eigenvalue weighted by molar-refractivity contribution is 5.30. The van der Waals surface area contributed by atoms with Crippen LogP contribution in [0.2, 0.25) is 0 Å². The number of hydrogen-bond acceptors (Lipinski definition) is 4. The predicted molar refractivity (Wildman–Crippen MR) is 54.1 cm³/mol. The van der Waals surface area contributed by atoms with Gasteiger partial charge < -0.3 is 10.1 Å². The van der Waals surface area contributed by atoms with E-state index in [9.17, 15) is 0 Å². The fraction of sp³-hybridized carbons (Fsp3) is 0.600. The van der Waals surface area contributed by atoms with Crippen molar-refractivity contribution in [2.45, 2.75) is 12.8 Å². The number of nitrogens with one attached hydrogen (secondary N) is 1. The number of nitrogens with zero attached hydrogens (tertiary/aromatic N) is 2. The second-order valence-electron chi connectivity index (χ2n) is 3.55. The Hall–Kier alpha value is -1.16. The second-order valence-corrected chi connectivity index (χ2v) is 3.55. The molecule has 4 nitrogen and oxygen atoms in total. The number of hydrogen-bond donors (Lipinski definition) is 1. The molecule has 0 aliphatic carbocycles. The van der Waals surface area contributed by atoms with E-state index in [2.05, 4.69) is 15.5 Å². The molecule has 76 valence electrons. The molecule has 4 heteroatoms. The van der Waals surface area contributed by atoms with E-state index in [1.807, 2.05) is 12.1 Å². The largest absolute Gasteiger partial charge is 0.381 e. The minimum atomic E-state index is 0.721. The Morgan fingerprint density at radius 2 is 2.57 bits per heavy atom. The first kappa shape index (κ1) is 9.40. The van der Waals surface area contributed by atoms with Crippen LogP contribution in [0.1, 0.15) is 12.8 Å². The van der Waals surface area contributed by atoms with Gasteiger partial charge in [0, 0.05) is 26.0 Å². The monoisotopic (exact) mass is 193 g/mol. The van der Waals surface area contributed by atoms with E-state index in [1.165, 1.54) is 6.42 Å². The minimum absolute atomic E-state index is 0.721. The molecule has 1 N–H and O–H groups in total. The molecule has 0 saturated carbocycles. The molecular weight excluding hydrogens is 178 g/mol. The van der Waals surface area contributed by atoms with Crippen molar-refractivity contribution in [1.29, 1.82) is 0 Å². The molecule has 1 unspecified atom stereocenters. The summed E-state index contributed by atoms with van der Waals surface area (Å²) < 4.78 is 5.30. The van der Waals surface area contributed by atoms with Crippen LogP contribution in [0.3, 0.4) is 0 Å². The third-order valence-corrected chi connectivity index (χ3v) is 2.45. The van der Waals surface area contributed by atoms with E-state index in [0.29, 0.717) is 0 Å². The third kappa shape index (κ3) is 2.67. The normalized spacial score (nSPS) is 21.0. The summed E-state index contributed by atoms with van der Waals surface area (Å²) in [5, 5.41) is 11.0. The van der Waals surface area contributed by atoms with Gasteiger partial charge in [-0.3, -0.25) is 0 Å². The highest BCUT2D eigenvalue weighted by Crippen LogP contribution is 2.15. The van der Waals surface area contributed by atoms with Crippen molar-refractivity contribution in [3.05, 3.63) is 18.3 Å². The van der Waals surface area contributed by atoms with Crippen molar-refractivity contribution in [3.8, 4) is 0 Å². The molecule has 1 fully saturated rings. The second kappa shape index (κ2) is 4.91. The van der Waals surface area contributed by atoms with E-state index in [0.717, 1.165) is 37.9 Å². The zero-order chi connectivity index (χ0) is 9.64. The van der Waals surface area contributed by atoms with Crippen molar-refractivity contribution in [2.75, 3.05) is 25.1 Å². The zero-order valence-corrected chi connectivity index (χ0v) is 8.15. The molecule has 1 aromatic rings. The van der Waals surface area contributed by atoms with Gasteiger partial charge in [0.1, 0.15) is 5.82 Å². The molecule has 1 aromatic heterocycles. The van der Waals surface area contributed by atoms with Crippen LogP contribution in [0.4, 0.5) is 5.82 Å². The van der Waals surface area contributed by atoms with Gasteiger partial charge in [0.15, 0.2) is 0 Å². The van der Waals surface area contributed by atoms with Crippen LogP contribution in [0.5, 0.6) is 0 Å². The van der Waals surface area contributed by atoms with Crippen molar-refractivity contribution >= 4 is 5.82 Å². The van der Waals surface area contributed by atoms with Crippen molar-refractivity contribution in [1.82, 2.24) is 10.2 Å². The van der Waals surface area contributed by atoms with Gasteiger partial charge in [-0.25, -0.2) is 0 Å². The number of ether oxygens (including phenoxy) is 1. The Kier molecular flexibility index (Phi) is 3.29. The lowest BCUT2D eigenvalue weighted by Crippen LogP contribution is -2.09. The first-order chi connectivity index (χ1) is 6.95. The summed E-state index contributed by atoms with van der Waals surface area (Å²) in [6, 6.07) is 3.81. The molecule has 0 bridgehead atoms. The number of anilines is 1. The fourth-order valence-electron chi connectivity index (χ4n) is 1.61. The van der Waals surface area contributed by atoms with Crippen LogP contribution < -0.4 is 5.32 Å². The molecule has 14 heavy (non-hydrogen) atoms. The molecule has 1 atom stereocenters. The smallest absolute Gasteiger partial charge is 0.148 e. The lowest BCUT2D eigenvalue weighted by molar-refractivity contribution is 0.185. The summed E-state index contributed by atoms with van der Waals surface area (Å²) >= 11 is 0. The summed E-state index contributed by atoms with van der Waals surface area (Å²) in [5.41, 5.74) is 0. The summed E-state index contributed by atoms with van der Waals surface area (Å²) in [6.07, 6.45) is 4.02. The van der Waals surface area contributed by atoms with E-state index in [-0.39, 0.29) is 0 Å². The quantitative estimate of drug-likeness (QED) is 0.783. The molecule has 0 radical (unpaired) electrons. The van der Waals surface area contributed by atoms with Crippen molar-refractivity contribution < 1.29 is 4.74 Å². The van der Waals surface area contributed by atoms with E-state index >= 15 is 0 Å².